The Morgan fingerprint density at radius 1 is 1.28 bits per heavy atom. The second-order valence-electron chi connectivity index (χ2n) is 5.78. The number of nitrogens with zero attached hydrogens (tertiary/aromatic N) is 1. The third-order valence-electron chi connectivity index (χ3n) is 3.59. The molecule has 0 bridgehead atoms. The van der Waals surface area contributed by atoms with Gasteiger partial charge in [0.25, 0.3) is 0 Å². The third kappa shape index (κ3) is 6.97. The second kappa shape index (κ2) is 8.48. The highest BCUT2D eigenvalue weighted by atomic mass is 16.1. The van der Waals surface area contributed by atoms with Gasteiger partial charge in [0, 0.05) is 12.1 Å². The van der Waals surface area contributed by atoms with Crippen LogP contribution in [0.5, 0.6) is 0 Å². The molecule has 1 amide bonds. The molecule has 1 rings (SSSR count). The molecule has 4 heteroatoms. The van der Waals surface area contributed by atoms with Crippen molar-refractivity contribution in [3.63, 3.8) is 0 Å². The van der Waals surface area contributed by atoms with Crippen molar-refractivity contribution < 1.29 is 4.79 Å². The van der Waals surface area contributed by atoms with Gasteiger partial charge in [0.15, 0.2) is 0 Å². The Labute approximate surface area is 111 Å². The molecule has 2 N–H and O–H groups in total. The van der Waals surface area contributed by atoms with E-state index in [0.717, 1.165) is 25.8 Å². The van der Waals surface area contributed by atoms with Crippen LogP contribution in [0.25, 0.3) is 0 Å². The van der Waals surface area contributed by atoms with Crippen LogP contribution in [0.15, 0.2) is 0 Å². The Morgan fingerprint density at radius 3 is 2.56 bits per heavy atom. The van der Waals surface area contributed by atoms with Gasteiger partial charge in [-0.05, 0) is 46.8 Å². The van der Waals surface area contributed by atoms with Gasteiger partial charge in [-0.1, -0.05) is 19.3 Å². The van der Waals surface area contributed by atoms with Gasteiger partial charge in [-0.25, -0.2) is 0 Å². The maximum absolute atomic E-state index is 11.8. The number of hydrogen-bond donors (Lipinski definition) is 2. The summed E-state index contributed by atoms with van der Waals surface area (Å²) in [6.07, 6.45) is 7.23. The number of nitrogens with one attached hydrogen (secondary N) is 2. The van der Waals surface area contributed by atoms with Crippen LogP contribution in [0.3, 0.4) is 0 Å². The lowest BCUT2D eigenvalue weighted by Gasteiger charge is -2.23. The zero-order chi connectivity index (χ0) is 13.4. The molecule has 1 unspecified atom stereocenters. The zero-order valence-electron chi connectivity index (χ0n) is 12.2. The minimum Gasteiger partial charge on any atom is -0.352 e. The van der Waals surface area contributed by atoms with Crippen LogP contribution in [0.1, 0.15) is 45.4 Å². The first-order valence-electron chi connectivity index (χ1n) is 7.25. The van der Waals surface area contributed by atoms with Crippen LogP contribution in [-0.2, 0) is 4.79 Å². The highest BCUT2D eigenvalue weighted by molar-refractivity contribution is 5.78. The first-order valence-corrected chi connectivity index (χ1v) is 7.25. The SMILES string of the molecule is CC(CCN(C)C)NCC(=O)NC1CCCCC1. The van der Waals surface area contributed by atoms with Crippen LogP contribution < -0.4 is 10.6 Å². The van der Waals surface area contributed by atoms with E-state index in [4.69, 9.17) is 0 Å². The maximum Gasteiger partial charge on any atom is 0.234 e. The van der Waals surface area contributed by atoms with E-state index in [1.165, 1.54) is 19.3 Å². The van der Waals surface area contributed by atoms with Crippen molar-refractivity contribution in [3.8, 4) is 0 Å². The molecule has 1 aliphatic carbocycles. The Morgan fingerprint density at radius 2 is 1.94 bits per heavy atom. The molecule has 0 heterocycles. The summed E-state index contributed by atoms with van der Waals surface area (Å²) < 4.78 is 0. The van der Waals surface area contributed by atoms with Crippen molar-refractivity contribution in [2.45, 2.75) is 57.5 Å². The summed E-state index contributed by atoms with van der Waals surface area (Å²) in [6, 6.07) is 0.814. The topological polar surface area (TPSA) is 44.4 Å². The fraction of sp³-hybridized carbons (Fsp3) is 0.929. The molecule has 0 spiro atoms. The Kier molecular flexibility index (Phi) is 7.28. The average Bonchev–Trinajstić information content (AvgIpc) is 2.35. The fourth-order valence-corrected chi connectivity index (χ4v) is 2.35. The predicted molar refractivity (Wildman–Crippen MR) is 75.7 cm³/mol. The van der Waals surface area contributed by atoms with Crippen molar-refractivity contribution in [1.29, 1.82) is 0 Å². The Balaban J connectivity index is 2.08. The van der Waals surface area contributed by atoms with Crippen molar-refractivity contribution in [2.75, 3.05) is 27.2 Å². The predicted octanol–water partition coefficient (Wildman–Crippen LogP) is 1.37. The van der Waals surface area contributed by atoms with Crippen LogP contribution >= 0.6 is 0 Å². The number of rotatable bonds is 7. The summed E-state index contributed by atoms with van der Waals surface area (Å²) in [5.41, 5.74) is 0. The summed E-state index contributed by atoms with van der Waals surface area (Å²) in [4.78, 5) is 13.9. The standard InChI is InChI=1S/C14H29N3O/c1-12(9-10-17(2)3)15-11-14(18)16-13-7-5-4-6-8-13/h12-13,15H,4-11H2,1-3H3,(H,16,18). The van der Waals surface area contributed by atoms with Gasteiger partial charge in [-0.2, -0.15) is 0 Å². The highest BCUT2D eigenvalue weighted by Crippen LogP contribution is 2.17. The summed E-state index contributed by atoms with van der Waals surface area (Å²) in [6.45, 7) is 3.64. The van der Waals surface area contributed by atoms with Gasteiger partial charge in [0.05, 0.1) is 6.54 Å². The maximum atomic E-state index is 11.8. The molecule has 0 aromatic carbocycles. The minimum atomic E-state index is 0.151. The molecule has 0 aromatic heterocycles. The zero-order valence-corrected chi connectivity index (χ0v) is 12.2. The Hall–Kier alpha value is -0.610. The first kappa shape index (κ1) is 15.4. The molecule has 4 nitrogen and oxygen atoms in total. The minimum absolute atomic E-state index is 0.151. The van der Waals surface area contributed by atoms with Crippen LogP contribution in [-0.4, -0.2) is 50.1 Å². The third-order valence-corrected chi connectivity index (χ3v) is 3.59. The summed E-state index contributed by atoms with van der Waals surface area (Å²) in [5, 5.41) is 6.42. The second-order valence-corrected chi connectivity index (χ2v) is 5.78. The van der Waals surface area contributed by atoms with Crippen LogP contribution in [0, 0.1) is 0 Å². The van der Waals surface area contributed by atoms with E-state index in [1.807, 2.05) is 0 Å². The molecule has 0 radical (unpaired) electrons. The Bertz CT molecular complexity index is 237. The van der Waals surface area contributed by atoms with Crippen LogP contribution in [0.4, 0.5) is 0 Å². The lowest BCUT2D eigenvalue weighted by Crippen LogP contribution is -2.43. The molecule has 1 aliphatic rings. The molecule has 0 saturated heterocycles. The van der Waals surface area contributed by atoms with Crippen molar-refractivity contribution in [1.82, 2.24) is 15.5 Å². The molecule has 0 aliphatic heterocycles. The summed E-state index contributed by atoms with van der Waals surface area (Å²) in [7, 11) is 4.14. The summed E-state index contributed by atoms with van der Waals surface area (Å²) in [5.74, 6) is 0.151. The molecular formula is C14H29N3O. The van der Waals surface area contributed by atoms with E-state index in [0.29, 0.717) is 18.6 Å². The van der Waals surface area contributed by atoms with Gasteiger partial charge in [-0.15, -0.1) is 0 Å². The molecule has 18 heavy (non-hydrogen) atoms. The monoisotopic (exact) mass is 255 g/mol. The van der Waals surface area contributed by atoms with Crippen LogP contribution in [0.2, 0.25) is 0 Å². The normalized spacial score (nSPS) is 18.9. The molecule has 106 valence electrons. The van der Waals surface area contributed by atoms with E-state index in [2.05, 4.69) is 36.6 Å². The van der Waals surface area contributed by atoms with Gasteiger partial charge in [-0.3, -0.25) is 4.79 Å². The fourth-order valence-electron chi connectivity index (χ4n) is 2.35. The number of carbonyl (C=O) groups is 1. The van der Waals surface area contributed by atoms with Crippen molar-refractivity contribution >= 4 is 5.91 Å². The molecule has 1 atom stereocenters. The van der Waals surface area contributed by atoms with Crippen molar-refractivity contribution in [2.24, 2.45) is 0 Å². The average molecular weight is 255 g/mol. The molecule has 0 aromatic rings. The van der Waals surface area contributed by atoms with E-state index < -0.39 is 0 Å². The first-order chi connectivity index (χ1) is 8.58. The summed E-state index contributed by atoms with van der Waals surface area (Å²) >= 11 is 0. The number of carbonyl (C=O) groups excluding carboxylic acids is 1. The quantitative estimate of drug-likeness (QED) is 0.722. The largest absolute Gasteiger partial charge is 0.352 e. The highest BCUT2D eigenvalue weighted by Gasteiger charge is 2.15. The van der Waals surface area contributed by atoms with E-state index in [9.17, 15) is 4.79 Å². The van der Waals surface area contributed by atoms with Gasteiger partial charge in [0.2, 0.25) is 5.91 Å². The van der Waals surface area contributed by atoms with Gasteiger partial charge >= 0.3 is 0 Å². The van der Waals surface area contributed by atoms with Crippen molar-refractivity contribution in [3.05, 3.63) is 0 Å². The number of amides is 1. The van der Waals surface area contributed by atoms with Gasteiger partial charge in [0.1, 0.15) is 0 Å². The molecule has 1 fully saturated rings. The van der Waals surface area contributed by atoms with E-state index in [-0.39, 0.29) is 5.91 Å². The van der Waals surface area contributed by atoms with E-state index >= 15 is 0 Å². The smallest absolute Gasteiger partial charge is 0.234 e. The number of hydrogen-bond acceptors (Lipinski definition) is 3. The van der Waals surface area contributed by atoms with Gasteiger partial charge < -0.3 is 15.5 Å². The lowest BCUT2D eigenvalue weighted by atomic mass is 9.95. The molecular weight excluding hydrogens is 226 g/mol. The lowest BCUT2D eigenvalue weighted by molar-refractivity contribution is -0.121. The molecule has 1 saturated carbocycles. The van der Waals surface area contributed by atoms with E-state index in [1.54, 1.807) is 0 Å².